The summed E-state index contributed by atoms with van der Waals surface area (Å²) in [6.45, 7) is 4.63. The zero-order valence-corrected chi connectivity index (χ0v) is 13.6. The van der Waals surface area contributed by atoms with Gasteiger partial charge in [-0.3, -0.25) is 10.1 Å². The molecule has 1 aromatic carbocycles. The van der Waals surface area contributed by atoms with Gasteiger partial charge in [-0.05, 0) is 24.0 Å². The first kappa shape index (κ1) is 15.7. The zero-order valence-electron chi connectivity index (χ0n) is 13.6. The van der Waals surface area contributed by atoms with Crippen molar-refractivity contribution in [1.82, 2.24) is 15.6 Å². The van der Waals surface area contributed by atoms with Crippen molar-refractivity contribution in [2.24, 2.45) is 5.92 Å². The lowest BCUT2D eigenvalue weighted by Crippen LogP contribution is -2.52. The van der Waals surface area contributed by atoms with Gasteiger partial charge in [-0.2, -0.15) is 0 Å². The van der Waals surface area contributed by atoms with Crippen LogP contribution < -0.4 is 10.6 Å². The van der Waals surface area contributed by atoms with Crippen molar-refractivity contribution in [3.8, 4) is 0 Å². The third-order valence-electron chi connectivity index (χ3n) is 4.86. The van der Waals surface area contributed by atoms with Crippen molar-refractivity contribution in [2.45, 2.75) is 45.3 Å². The van der Waals surface area contributed by atoms with Crippen LogP contribution in [0.3, 0.4) is 0 Å². The Hall–Kier alpha value is -2.14. The number of rotatable bonds is 5. The van der Waals surface area contributed by atoms with Gasteiger partial charge in [-0.25, -0.2) is 0 Å². The van der Waals surface area contributed by atoms with Crippen molar-refractivity contribution < 1.29 is 9.59 Å². The largest absolute Gasteiger partial charge is 0.357 e. The maximum Gasteiger partial charge on any atom is 0.238 e. The molecule has 1 aliphatic heterocycles. The molecule has 2 heterocycles. The van der Waals surface area contributed by atoms with Gasteiger partial charge in [0.1, 0.15) is 6.29 Å². The molecule has 0 saturated heterocycles. The molecule has 0 unspecified atom stereocenters. The molecule has 3 atom stereocenters. The Balaban J connectivity index is 1.76. The predicted molar refractivity (Wildman–Crippen MR) is 90.1 cm³/mol. The van der Waals surface area contributed by atoms with Crippen molar-refractivity contribution in [3.63, 3.8) is 0 Å². The Morgan fingerprint density at radius 2 is 2.22 bits per heavy atom. The van der Waals surface area contributed by atoms with Crippen LogP contribution >= 0.6 is 0 Å². The third kappa shape index (κ3) is 3.01. The molecule has 0 aliphatic carbocycles. The van der Waals surface area contributed by atoms with Crippen LogP contribution in [0.5, 0.6) is 0 Å². The van der Waals surface area contributed by atoms with Crippen LogP contribution in [0.2, 0.25) is 0 Å². The topological polar surface area (TPSA) is 74.0 Å². The van der Waals surface area contributed by atoms with Crippen LogP contribution in [0.15, 0.2) is 24.3 Å². The number of aromatic nitrogens is 1. The molecule has 0 saturated carbocycles. The van der Waals surface area contributed by atoms with E-state index < -0.39 is 6.04 Å². The zero-order chi connectivity index (χ0) is 16.4. The first-order valence-corrected chi connectivity index (χ1v) is 8.21. The minimum Gasteiger partial charge on any atom is -0.357 e. The number of benzene rings is 1. The van der Waals surface area contributed by atoms with Gasteiger partial charge in [0.25, 0.3) is 0 Å². The molecule has 0 fully saturated rings. The number of aromatic amines is 1. The Morgan fingerprint density at radius 1 is 1.43 bits per heavy atom. The van der Waals surface area contributed by atoms with Crippen LogP contribution in [-0.2, 0) is 22.6 Å². The summed E-state index contributed by atoms with van der Waals surface area (Å²) < 4.78 is 0. The summed E-state index contributed by atoms with van der Waals surface area (Å²) in [5.74, 6) is 0.0435. The fourth-order valence-corrected chi connectivity index (χ4v) is 3.16. The van der Waals surface area contributed by atoms with E-state index in [4.69, 9.17) is 0 Å². The lowest BCUT2D eigenvalue weighted by molar-refractivity contribution is -0.126. The van der Waals surface area contributed by atoms with Gasteiger partial charge in [0.2, 0.25) is 5.91 Å². The number of hydrogen-bond acceptors (Lipinski definition) is 3. The highest BCUT2D eigenvalue weighted by atomic mass is 16.2. The molecule has 5 nitrogen and oxygen atoms in total. The molecule has 3 rings (SSSR count). The van der Waals surface area contributed by atoms with Gasteiger partial charge in [0, 0.05) is 23.1 Å². The van der Waals surface area contributed by atoms with E-state index in [1.54, 1.807) is 0 Å². The third-order valence-corrected chi connectivity index (χ3v) is 4.86. The first-order chi connectivity index (χ1) is 11.1. The number of fused-ring (bicyclic) bond motifs is 3. The highest BCUT2D eigenvalue weighted by molar-refractivity contribution is 5.89. The molecule has 2 aromatic rings. The maximum atomic E-state index is 12.5. The maximum absolute atomic E-state index is 12.5. The second-order valence-corrected chi connectivity index (χ2v) is 6.32. The van der Waals surface area contributed by atoms with Crippen molar-refractivity contribution in [1.29, 1.82) is 0 Å². The minimum absolute atomic E-state index is 0.0988. The smallest absolute Gasteiger partial charge is 0.238 e. The summed E-state index contributed by atoms with van der Waals surface area (Å²) in [6.07, 6.45) is 2.33. The first-order valence-electron chi connectivity index (χ1n) is 8.21. The van der Waals surface area contributed by atoms with E-state index in [0.717, 1.165) is 23.9 Å². The van der Waals surface area contributed by atoms with Gasteiger partial charge in [0.15, 0.2) is 0 Å². The second-order valence-electron chi connectivity index (χ2n) is 6.32. The normalized spacial score (nSPS) is 19.8. The summed E-state index contributed by atoms with van der Waals surface area (Å²) in [6, 6.07) is 7.43. The van der Waals surface area contributed by atoms with Gasteiger partial charge in [-0.15, -0.1) is 0 Å². The predicted octanol–water partition coefficient (Wildman–Crippen LogP) is 1.91. The lowest BCUT2D eigenvalue weighted by atomic mass is 9.96. The number of hydrogen-bond donors (Lipinski definition) is 3. The number of amides is 1. The molecule has 3 N–H and O–H groups in total. The number of H-pyrrole nitrogens is 1. The highest BCUT2D eigenvalue weighted by Gasteiger charge is 2.28. The summed E-state index contributed by atoms with van der Waals surface area (Å²) in [4.78, 5) is 27.1. The van der Waals surface area contributed by atoms with Gasteiger partial charge in [0.05, 0.1) is 12.1 Å². The van der Waals surface area contributed by atoms with Crippen LogP contribution in [0, 0.1) is 5.92 Å². The second kappa shape index (κ2) is 6.54. The summed E-state index contributed by atoms with van der Waals surface area (Å²) in [7, 11) is 0. The molecule has 122 valence electrons. The van der Waals surface area contributed by atoms with Gasteiger partial charge in [-0.1, -0.05) is 38.5 Å². The number of aldehydes is 1. The molecule has 0 spiro atoms. The van der Waals surface area contributed by atoms with E-state index in [-0.39, 0.29) is 17.9 Å². The molecule has 0 radical (unpaired) electrons. The molecule has 23 heavy (non-hydrogen) atoms. The minimum atomic E-state index is -0.418. The van der Waals surface area contributed by atoms with Crippen LogP contribution in [-0.4, -0.2) is 29.3 Å². The number of para-hydroxylation sites is 1. The fourth-order valence-electron chi connectivity index (χ4n) is 3.16. The lowest BCUT2D eigenvalue weighted by Gasteiger charge is -2.26. The highest BCUT2D eigenvalue weighted by Crippen LogP contribution is 2.26. The SMILES string of the molecule is CC[C@H](C)[C@@H](C=O)NC(=O)[C@H]1Cc2c([nH]c3ccccc23)CN1. The molecule has 1 aliphatic rings. The van der Waals surface area contributed by atoms with Crippen LogP contribution in [0.4, 0.5) is 0 Å². The average molecular weight is 313 g/mol. The molecular weight excluding hydrogens is 290 g/mol. The molecule has 0 bridgehead atoms. The van der Waals surface area contributed by atoms with E-state index in [1.165, 1.54) is 10.9 Å². The Morgan fingerprint density at radius 3 is 2.96 bits per heavy atom. The monoisotopic (exact) mass is 313 g/mol. The van der Waals surface area contributed by atoms with E-state index >= 15 is 0 Å². The summed E-state index contributed by atoms with van der Waals surface area (Å²) >= 11 is 0. The quantitative estimate of drug-likeness (QED) is 0.738. The van der Waals surface area contributed by atoms with E-state index in [2.05, 4.69) is 21.7 Å². The van der Waals surface area contributed by atoms with Crippen LogP contribution in [0.25, 0.3) is 10.9 Å². The van der Waals surface area contributed by atoms with E-state index in [0.29, 0.717) is 13.0 Å². The van der Waals surface area contributed by atoms with Crippen molar-refractivity contribution in [2.75, 3.05) is 0 Å². The molecule has 5 heteroatoms. The van der Waals surface area contributed by atoms with Crippen molar-refractivity contribution >= 4 is 23.1 Å². The number of carbonyl (C=O) groups is 2. The van der Waals surface area contributed by atoms with E-state index in [1.807, 2.05) is 32.0 Å². The molecule has 1 aromatic heterocycles. The number of nitrogens with one attached hydrogen (secondary N) is 3. The Labute approximate surface area is 135 Å². The Bertz CT molecular complexity index is 722. The summed E-state index contributed by atoms with van der Waals surface area (Å²) in [5.41, 5.74) is 3.44. The molecule has 1 amide bonds. The van der Waals surface area contributed by atoms with Crippen LogP contribution in [0.1, 0.15) is 31.5 Å². The van der Waals surface area contributed by atoms with Gasteiger partial charge < -0.3 is 15.1 Å². The van der Waals surface area contributed by atoms with E-state index in [9.17, 15) is 9.59 Å². The molecular formula is C18H23N3O2. The van der Waals surface area contributed by atoms with Crippen molar-refractivity contribution in [3.05, 3.63) is 35.5 Å². The Kier molecular flexibility index (Phi) is 4.48. The van der Waals surface area contributed by atoms with Gasteiger partial charge >= 0.3 is 0 Å². The standard InChI is InChI=1S/C18H23N3O2/c1-3-11(2)17(10-22)21-18(23)15-8-13-12-6-4-5-7-14(12)20-16(13)9-19-15/h4-7,10-11,15,17,19-20H,3,8-9H2,1-2H3,(H,21,23)/t11-,15+,17+/m0/s1. The number of carbonyl (C=O) groups excluding carboxylic acids is 2. The average Bonchev–Trinajstić information content (AvgIpc) is 2.96. The summed E-state index contributed by atoms with van der Waals surface area (Å²) in [5, 5.41) is 7.32. The fraction of sp³-hybridized carbons (Fsp3) is 0.444.